The molecule has 1 N–H and O–H groups in total. The highest BCUT2D eigenvalue weighted by atomic mass is 16.5. The Morgan fingerprint density at radius 3 is 2.50 bits per heavy atom. The van der Waals surface area contributed by atoms with Crippen LogP contribution in [0.1, 0.15) is 19.3 Å². The highest BCUT2D eigenvalue weighted by Crippen LogP contribution is 2.07. The van der Waals surface area contributed by atoms with Crippen molar-refractivity contribution in [3.05, 3.63) is 12.2 Å². The fourth-order valence-electron chi connectivity index (χ4n) is 1.65. The van der Waals surface area contributed by atoms with Crippen molar-refractivity contribution in [1.29, 1.82) is 0 Å². The first-order chi connectivity index (χ1) is 7.68. The van der Waals surface area contributed by atoms with Gasteiger partial charge in [0.2, 0.25) is 0 Å². The van der Waals surface area contributed by atoms with E-state index in [4.69, 9.17) is 9.84 Å². The molecule has 1 aliphatic heterocycles. The number of hydrogen-bond acceptors (Lipinski definition) is 4. The largest absolute Gasteiger partial charge is 0.478 e. The summed E-state index contributed by atoms with van der Waals surface area (Å²) in [4.78, 5) is 23.4. The molecule has 1 fully saturated rings. The monoisotopic (exact) mass is 227 g/mol. The topological polar surface area (TPSA) is 66.8 Å². The van der Waals surface area contributed by atoms with Crippen molar-refractivity contribution in [2.24, 2.45) is 0 Å². The first-order valence-electron chi connectivity index (χ1n) is 5.48. The predicted octanol–water partition coefficient (Wildman–Crippen LogP) is 0.656. The number of nitrogens with zero attached hydrogens (tertiary/aromatic N) is 1. The van der Waals surface area contributed by atoms with Crippen molar-refractivity contribution in [3.8, 4) is 0 Å². The summed E-state index contributed by atoms with van der Waals surface area (Å²) in [5.74, 6) is -1.74. The quantitative estimate of drug-likeness (QED) is 0.552. The number of esters is 1. The van der Waals surface area contributed by atoms with Gasteiger partial charge < -0.3 is 9.84 Å². The molecule has 1 rings (SSSR count). The second-order valence-electron chi connectivity index (χ2n) is 3.74. The Morgan fingerprint density at radius 1 is 1.19 bits per heavy atom. The van der Waals surface area contributed by atoms with Crippen LogP contribution in [0, 0.1) is 0 Å². The van der Waals surface area contributed by atoms with Gasteiger partial charge in [0.25, 0.3) is 0 Å². The molecule has 0 spiro atoms. The third-order valence-corrected chi connectivity index (χ3v) is 2.46. The van der Waals surface area contributed by atoms with E-state index in [9.17, 15) is 9.59 Å². The predicted molar refractivity (Wildman–Crippen MR) is 58.0 cm³/mol. The number of aliphatic carboxylic acids is 1. The van der Waals surface area contributed by atoms with Crippen LogP contribution in [-0.4, -0.2) is 48.2 Å². The van der Waals surface area contributed by atoms with Crippen LogP contribution < -0.4 is 0 Å². The van der Waals surface area contributed by atoms with Crippen LogP contribution in [-0.2, 0) is 14.3 Å². The summed E-state index contributed by atoms with van der Waals surface area (Å²) in [6.45, 7) is 3.17. The van der Waals surface area contributed by atoms with Crippen LogP contribution in [0.5, 0.6) is 0 Å². The minimum atomic E-state index is -1.15. The molecule has 5 nitrogen and oxygen atoms in total. The Kier molecular flexibility index (Phi) is 5.56. The van der Waals surface area contributed by atoms with Crippen LogP contribution in [0.4, 0.5) is 0 Å². The van der Waals surface area contributed by atoms with E-state index in [1.165, 1.54) is 19.3 Å². The van der Waals surface area contributed by atoms with Gasteiger partial charge in [-0.05, 0) is 25.9 Å². The van der Waals surface area contributed by atoms with Crippen molar-refractivity contribution in [2.75, 3.05) is 26.2 Å². The van der Waals surface area contributed by atoms with Gasteiger partial charge in [-0.25, -0.2) is 9.59 Å². The number of carboxylic acid groups (broad SMARTS) is 1. The maximum absolute atomic E-state index is 11.0. The normalized spacial score (nSPS) is 17.5. The summed E-state index contributed by atoms with van der Waals surface area (Å²) in [7, 11) is 0. The van der Waals surface area contributed by atoms with E-state index in [2.05, 4.69) is 4.90 Å². The molecule has 90 valence electrons. The number of hydrogen-bond donors (Lipinski definition) is 1. The molecule has 0 aliphatic carbocycles. The van der Waals surface area contributed by atoms with Gasteiger partial charge >= 0.3 is 11.9 Å². The minimum absolute atomic E-state index is 0.322. The average molecular weight is 227 g/mol. The number of ether oxygens (including phenoxy) is 1. The molecule has 0 atom stereocenters. The molecule has 0 radical (unpaired) electrons. The number of carbonyl (C=O) groups excluding carboxylic acids is 1. The Morgan fingerprint density at radius 2 is 1.88 bits per heavy atom. The number of piperidine rings is 1. The fraction of sp³-hybridized carbons (Fsp3) is 0.636. The molecule has 0 bridgehead atoms. The van der Waals surface area contributed by atoms with Crippen molar-refractivity contribution in [3.63, 3.8) is 0 Å². The third kappa shape index (κ3) is 5.50. The number of carboxylic acids is 1. The Labute approximate surface area is 94.7 Å². The van der Waals surface area contributed by atoms with Crippen LogP contribution in [0.3, 0.4) is 0 Å². The van der Waals surface area contributed by atoms with E-state index in [1.807, 2.05) is 0 Å². The molecule has 0 unspecified atom stereocenters. The summed E-state index contributed by atoms with van der Waals surface area (Å²) in [5.41, 5.74) is 0. The Balaban J connectivity index is 2.09. The van der Waals surface area contributed by atoms with E-state index in [-0.39, 0.29) is 0 Å². The van der Waals surface area contributed by atoms with Gasteiger partial charge in [0.05, 0.1) is 0 Å². The minimum Gasteiger partial charge on any atom is -0.478 e. The molecular weight excluding hydrogens is 210 g/mol. The lowest BCUT2D eigenvalue weighted by atomic mass is 10.1. The van der Waals surface area contributed by atoms with Crippen molar-refractivity contribution in [2.45, 2.75) is 19.3 Å². The zero-order valence-corrected chi connectivity index (χ0v) is 9.22. The standard InChI is InChI=1S/C11H17NO4/c13-10(14)4-5-11(15)16-9-8-12-6-2-1-3-7-12/h4-5H,1-3,6-9H2,(H,13,14). The molecule has 0 aromatic heterocycles. The maximum atomic E-state index is 11.0. The van der Waals surface area contributed by atoms with Crippen LogP contribution in [0.15, 0.2) is 12.2 Å². The highest BCUT2D eigenvalue weighted by Gasteiger charge is 2.09. The van der Waals surface area contributed by atoms with Gasteiger partial charge in [0, 0.05) is 18.7 Å². The lowest BCUT2D eigenvalue weighted by Gasteiger charge is -2.25. The van der Waals surface area contributed by atoms with E-state index in [0.29, 0.717) is 6.61 Å². The van der Waals surface area contributed by atoms with Crippen molar-refractivity contribution < 1.29 is 19.4 Å². The third-order valence-electron chi connectivity index (χ3n) is 2.46. The van der Waals surface area contributed by atoms with Crippen LogP contribution in [0.25, 0.3) is 0 Å². The number of carbonyl (C=O) groups is 2. The highest BCUT2D eigenvalue weighted by molar-refractivity contribution is 5.90. The zero-order chi connectivity index (χ0) is 11.8. The summed E-state index contributed by atoms with van der Waals surface area (Å²) >= 11 is 0. The molecule has 0 saturated carbocycles. The molecule has 0 aromatic rings. The van der Waals surface area contributed by atoms with E-state index >= 15 is 0 Å². The van der Waals surface area contributed by atoms with Gasteiger partial charge in [0.1, 0.15) is 6.61 Å². The molecule has 1 heterocycles. The molecule has 1 saturated heterocycles. The van der Waals surface area contributed by atoms with Gasteiger partial charge in [0.15, 0.2) is 0 Å². The lowest BCUT2D eigenvalue weighted by Crippen LogP contribution is -2.33. The fourth-order valence-corrected chi connectivity index (χ4v) is 1.65. The summed E-state index contributed by atoms with van der Waals surface area (Å²) in [5, 5.41) is 8.29. The second kappa shape index (κ2) is 7.00. The molecule has 16 heavy (non-hydrogen) atoms. The molecule has 1 aliphatic rings. The molecular formula is C11H17NO4. The Hall–Kier alpha value is -1.36. The first-order valence-corrected chi connectivity index (χ1v) is 5.48. The SMILES string of the molecule is O=C(O)C=CC(=O)OCCN1CCCCC1. The molecule has 0 amide bonds. The van der Waals surface area contributed by atoms with E-state index in [1.54, 1.807) is 0 Å². The average Bonchev–Trinajstić information content (AvgIpc) is 2.28. The zero-order valence-electron chi connectivity index (χ0n) is 9.22. The number of likely N-dealkylation sites (tertiary alicyclic amines) is 1. The van der Waals surface area contributed by atoms with E-state index < -0.39 is 11.9 Å². The van der Waals surface area contributed by atoms with E-state index in [0.717, 1.165) is 31.8 Å². The molecule has 0 aromatic carbocycles. The second-order valence-corrected chi connectivity index (χ2v) is 3.74. The van der Waals surface area contributed by atoms with Gasteiger partial charge in [-0.15, -0.1) is 0 Å². The summed E-state index contributed by atoms with van der Waals surface area (Å²) < 4.78 is 4.86. The van der Waals surface area contributed by atoms with Crippen molar-refractivity contribution >= 4 is 11.9 Å². The van der Waals surface area contributed by atoms with Gasteiger partial charge in [-0.1, -0.05) is 6.42 Å². The van der Waals surface area contributed by atoms with Gasteiger partial charge in [-0.3, -0.25) is 4.90 Å². The van der Waals surface area contributed by atoms with Gasteiger partial charge in [-0.2, -0.15) is 0 Å². The smallest absolute Gasteiger partial charge is 0.331 e. The maximum Gasteiger partial charge on any atom is 0.331 e. The van der Waals surface area contributed by atoms with Crippen LogP contribution >= 0.6 is 0 Å². The Bertz CT molecular complexity index is 269. The van der Waals surface area contributed by atoms with Crippen molar-refractivity contribution in [1.82, 2.24) is 4.90 Å². The molecule has 5 heteroatoms. The first kappa shape index (κ1) is 12.7. The van der Waals surface area contributed by atoms with Crippen LogP contribution in [0.2, 0.25) is 0 Å². The summed E-state index contributed by atoms with van der Waals surface area (Å²) in [6, 6.07) is 0. The number of rotatable bonds is 5. The summed E-state index contributed by atoms with van der Waals surface area (Å²) in [6.07, 6.45) is 5.39. The lowest BCUT2D eigenvalue weighted by molar-refractivity contribution is -0.139.